The van der Waals surface area contributed by atoms with Gasteiger partial charge >= 0.3 is 0 Å². The van der Waals surface area contributed by atoms with Gasteiger partial charge in [0.2, 0.25) is 12.5 Å². The number of para-hydroxylation sites is 1. The molecule has 0 radical (unpaired) electrons. The summed E-state index contributed by atoms with van der Waals surface area (Å²) >= 11 is 0. The van der Waals surface area contributed by atoms with Crippen LogP contribution in [0.1, 0.15) is 17.0 Å². The topological polar surface area (TPSA) is 88.0 Å². The number of hydrogen-bond acceptors (Lipinski definition) is 3. The number of hydrogen-bond donors (Lipinski definition) is 2. The average molecular weight is 411 g/mol. The van der Waals surface area contributed by atoms with E-state index in [2.05, 4.69) is 16.9 Å². The molecule has 2 N–H and O–H groups in total. The van der Waals surface area contributed by atoms with Crippen molar-refractivity contribution in [3.05, 3.63) is 113 Å². The fourth-order valence-corrected chi connectivity index (χ4v) is 3.86. The van der Waals surface area contributed by atoms with Crippen molar-refractivity contribution in [1.29, 1.82) is 0 Å². The molecule has 0 fully saturated rings. The van der Waals surface area contributed by atoms with Crippen molar-refractivity contribution in [1.82, 2.24) is 4.98 Å². The Labute approximate surface area is 179 Å². The van der Waals surface area contributed by atoms with Crippen molar-refractivity contribution < 1.29 is 9.72 Å². The van der Waals surface area contributed by atoms with Crippen molar-refractivity contribution in [2.24, 2.45) is 0 Å². The van der Waals surface area contributed by atoms with Gasteiger partial charge in [-0.05, 0) is 41.0 Å². The van der Waals surface area contributed by atoms with Gasteiger partial charge in [-0.1, -0.05) is 67.2 Å². The molecule has 0 aliphatic heterocycles. The van der Waals surface area contributed by atoms with Gasteiger partial charge in [0.15, 0.2) is 0 Å². The van der Waals surface area contributed by atoms with E-state index >= 15 is 0 Å². The van der Waals surface area contributed by atoms with Crippen LogP contribution in [0.15, 0.2) is 91.5 Å². The second-order valence-corrected chi connectivity index (χ2v) is 7.21. The van der Waals surface area contributed by atoms with Crippen LogP contribution in [0.5, 0.6) is 0 Å². The van der Waals surface area contributed by atoms with E-state index in [1.807, 2.05) is 66.7 Å². The van der Waals surface area contributed by atoms with Crippen molar-refractivity contribution in [3.8, 4) is 11.3 Å². The van der Waals surface area contributed by atoms with Gasteiger partial charge in [0.25, 0.3) is 0 Å². The van der Waals surface area contributed by atoms with Gasteiger partial charge in [-0.2, -0.15) is 0 Å². The predicted octanol–water partition coefficient (Wildman–Crippen LogP) is 5.37. The Bertz CT molecular complexity index is 1240. The molecule has 6 heteroatoms. The lowest BCUT2D eigenvalue weighted by Gasteiger charge is -2.16. The molecule has 154 valence electrons. The molecule has 1 heterocycles. The highest BCUT2D eigenvalue weighted by molar-refractivity contribution is 5.98. The van der Waals surface area contributed by atoms with Gasteiger partial charge in [0.1, 0.15) is 0 Å². The molecule has 6 nitrogen and oxygen atoms in total. The third-order valence-corrected chi connectivity index (χ3v) is 5.25. The fraction of sp³-hybridized carbons (Fsp3) is 0.0800. The molecule has 4 rings (SSSR count). The first kappa shape index (κ1) is 20.1. The van der Waals surface area contributed by atoms with Crippen LogP contribution in [0.25, 0.3) is 22.2 Å². The lowest BCUT2D eigenvalue weighted by atomic mass is 9.87. The highest BCUT2D eigenvalue weighted by Gasteiger charge is 2.27. The molecule has 0 aliphatic carbocycles. The summed E-state index contributed by atoms with van der Waals surface area (Å²) in [5, 5.41) is 15.3. The largest absolute Gasteiger partial charge is 0.354 e. The predicted molar refractivity (Wildman–Crippen MR) is 123 cm³/mol. The molecule has 0 aliphatic rings. The van der Waals surface area contributed by atoms with E-state index in [4.69, 9.17) is 0 Å². The molecule has 1 aromatic heterocycles. The van der Waals surface area contributed by atoms with Gasteiger partial charge in [-0.15, -0.1) is 0 Å². The summed E-state index contributed by atoms with van der Waals surface area (Å²) in [6.07, 6.45) is 1.20. The second kappa shape index (κ2) is 8.67. The number of nitrogens with zero attached hydrogens (tertiary/aromatic N) is 1. The monoisotopic (exact) mass is 411 g/mol. The van der Waals surface area contributed by atoms with Crippen LogP contribution >= 0.6 is 0 Å². The summed E-state index contributed by atoms with van der Waals surface area (Å²) in [4.78, 5) is 26.4. The average Bonchev–Trinajstić information content (AvgIpc) is 3.18. The van der Waals surface area contributed by atoms with Crippen LogP contribution in [-0.4, -0.2) is 22.4 Å². The number of aromatic amines is 1. The summed E-state index contributed by atoms with van der Waals surface area (Å²) in [6.45, 7) is 3.20. The van der Waals surface area contributed by atoms with Crippen molar-refractivity contribution >= 4 is 22.5 Å². The number of nitro groups is 1. The van der Waals surface area contributed by atoms with Crippen LogP contribution in [0.4, 0.5) is 5.69 Å². The fourth-order valence-electron chi connectivity index (χ4n) is 3.86. The summed E-state index contributed by atoms with van der Waals surface area (Å²) in [5.41, 5.74) is 5.07. The van der Waals surface area contributed by atoms with E-state index < -0.39 is 5.92 Å². The molecule has 0 bridgehead atoms. The van der Waals surface area contributed by atoms with Gasteiger partial charge in [-0.25, -0.2) is 0 Å². The van der Waals surface area contributed by atoms with E-state index in [-0.39, 0.29) is 17.4 Å². The number of carbonyl (C=O) groups excluding carboxylic acids is 1. The van der Waals surface area contributed by atoms with Crippen LogP contribution in [0.3, 0.4) is 0 Å². The minimum atomic E-state index is -0.467. The minimum Gasteiger partial charge on any atom is -0.354 e. The molecule has 3 aromatic carbocycles. The maximum Gasteiger partial charge on any atom is 0.247 e. The molecular formula is C25H21N3O3. The zero-order valence-electron chi connectivity index (χ0n) is 16.7. The van der Waals surface area contributed by atoms with E-state index in [1.54, 1.807) is 12.1 Å². The lowest BCUT2D eigenvalue weighted by Crippen LogP contribution is -2.15. The summed E-state index contributed by atoms with van der Waals surface area (Å²) in [5.74, 6) is -0.775. The maximum atomic E-state index is 11.6. The lowest BCUT2D eigenvalue weighted by molar-refractivity contribution is -0.481. The van der Waals surface area contributed by atoms with Gasteiger partial charge in [0, 0.05) is 21.5 Å². The van der Waals surface area contributed by atoms with Crippen molar-refractivity contribution in [2.75, 3.05) is 11.9 Å². The Morgan fingerprint density at radius 2 is 1.71 bits per heavy atom. The first-order valence-electron chi connectivity index (χ1n) is 9.88. The van der Waals surface area contributed by atoms with Crippen LogP contribution in [-0.2, 0) is 4.79 Å². The van der Waals surface area contributed by atoms with Gasteiger partial charge in [-0.3, -0.25) is 14.9 Å². The maximum absolute atomic E-state index is 11.6. The molecule has 31 heavy (non-hydrogen) atoms. The van der Waals surface area contributed by atoms with Gasteiger partial charge in [0.05, 0.1) is 11.6 Å². The summed E-state index contributed by atoms with van der Waals surface area (Å²) in [7, 11) is 0. The third kappa shape index (κ3) is 4.23. The van der Waals surface area contributed by atoms with Gasteiger partial charge < -0.3 is 10.3 Å². The third-order valence-electron chi connectivity index (χ3n) is 5.25. The van der Waals surface area contributed by atoms with E-state index in [0.717, 1.165) is 33.3 Å². The minimum absolute atomic E-state index is 0.250. The Morgan fingerprint density at radius 1 is 1.03 bits per heavy atom. The smallest absolute Gasteiger partial charge is 0.247 e. The Hall–Kier alpha value is -4.19. The Balaban J connectivity index is 1.86. The number of nitrogens with one attached hydrogen (secondary N) is 2. The number of rotatable bonds is 7. The van der Waals surface area contributed by atoms with E-state index in [1.165, 1.54) is 6.08 Å². The van der Waals surface area contributed by atoms with E-state index in [0.29, 0.717) is 5.69 Å². The number of benzene rings is 3. The number of aromatic nitrogens is 1. The standard InChI is InChI=1S/C25H21N3O3/c1-2-23(29)26-19-14-12-17(13-15-19)21(16-28(30)31)24-20-10-6-7-11-22(20)27-25(24)18-8-4-3-5-9-18/h2-15,21,27H,1,16H2,(H,26,29). The zero-order valence-corrected chi connectivity index (χ0v) is 16.7. The summed E-state index contributed by atoms with van der Waals surface area (Å²) in [6, 6.07) is 24.8. The molecule has 1 atom stereocenters. The molecule has 0 saturated carbocycles. The quantitative estimate of drug-likeness (QED) is 0.243. The SMILES string of the molecule is C=CC(=O)Nc1ccc(C(C[N+](=O)[O-])c2c(-c3ccccc3)[nH]c3ccccc23)cc1. The molecule has 1 unspecified atom stereocenters. The normalized spacial score (nSPS) is 11.7. The molecule has 4 aromatic rings. The Morgan fingerprint density at radius 3 is 2.39 bits per heavy atom. The van der Waals surface area contributed by atoms with Crippen LogP contribution < -0.4 is 5.32 Å². The summed E-state index contributed by atoms with van der Waals surface area (Å²) < 4.78 is 0. The first-order chi connectivity index (χ1) is 15.1. The van der Waals surface area contributed by atoms with Crippen molar-refractivity contribution in [2.45, 2.75) is 5.92 Å². The highest BCUT2D eigenvalue weighted by atomic mass is 16.6. The van der Waals surface area contributed by atoms with Crippen LogP contribution in [0, 0.1) is 10.1 Å². The first-order valence-corrected chi connectivity index (χ1v) is 9.88. The van der Waals surface area contributed by atoms with E-state index in [9.17, 15) is 14.9 Å². The molecule has 0 saturated heterocycles. The molecule has 0 spiro atoms. The Kier molecular flexibility index (Phi) is 5.62. The highest BCUT2D eigenvalue weighted by Crippen LogP contribution is 2.39. The van der Waals surface area contributed by atoms with Crippen LogP contribution in [0.2, 0.25) is 0 Å². The number of anilines is 1. The van der Waals surface area contributed by atoms with Crippen molar-refractivity contribution in [3.63, 3.8) is 0 Å². The molecule has 1 amide bonds. The molecular weight excluding hydrogens is 390 g/mol. The number of H-pyrrole nitrogens is 1. The zero-order chi connectivity index (χ0) is 21.8. The number of carbonyl (C=O) groups is 1. The number of amides is 1. The number of fused-ring (bicyclic) bond motifs is 1. The second-order valence-electron chi connectivity index (χ2n) is 7.21.